The number of methoxy groups -OCH3 is 1. The number of hydrogen-bond acceptors (Lipinski definition) is 5. The minimum atomic E-state index is -0.623. The van der Waals surface area contributed by atoms with Gasteiger partial charge in [-0.25, -0.2) is 0 Å². The molecule has 8 nitrogen and oxygen atoms in total. The number of rotatable bonds is 8. The highest BCUT2D eigenvalue weighted by molar-refractivity contribution is 5.95. The molecule has 156 valence electrons. The number of aromatic nitrogens is 1. The van der Waals surface area contributed by atoms with Gasteiger partial charge in [-0.15, -0.1) is 0 Å². The number of ether oxygens (including phenoxy) is 2. The first-order valence-electron chi connectivity index (χ1n) is 9.50. The summed E-state index contributed by atoms with van der Waals surface area (Å²) in [6.07, 6.45) is 3.47. The van der Waals surface area contributed by atoms with Crippen LogP contribution in [0.25, 0.3) is 10.9 Å². The van der Waals surface area contributed by atoms with Gasteiger partial charge in [0.25, 0.3) is 11.8 Å². The molecular weight excluding hydrogens is 386 g/mol. The maximum absolute atomic E-state index is 12.0. The summed E-state index contributed by atoms with van der Waals surface area (Å²) in [5, 5.41) is 1.14. The van der Waals surface area contributed by atoms with Gasteiger partial charge < -0.3 is 14.5 Å². The molecule has 2 amide bonds. The quantitative estimate of drug-likeness (QED) is 0.391. The maximum Gasteiger partial charge on any atom is 0.306 e. The molecule has 0 aliphatic rings. The Morgan fingerprint density at radius 3 is 2.53 bits per heavy atom. The number of carbonyl (C=O) groups is 3. The monoisotopic (exact) mass is 409 g/mol. The normalized spacial score (nSPS) is 10.4. The van der Waals surface area contributed by atoms with E-state index in [4.69, 9.17) is 9.47 Å². The van der Waals surface area contributed by atoms with E-state index in [0.29, 0.717) is 17.7 Å². The summed E-state index contributed by atoms with van der Waals surface area (Å²) in [5.41, 5.74) is 7.02. The third kappa shape index (κ3) is 5.60. The Hall–Kier alpha value is -3.81. The van der Waals surface area contributed by atoms with E-state index in [-0.39, 0.29) is 6.42 Å². The third-order valence-electron chi connectivity index (χ3n) is 4.53. The van der Waals surface area contributed by atoms with Crippen LogP contribution in [0, 0.1) is 0 Å². The summed E-state index contributed by atoms with van der Waals surface area (Å²) in [5.74, 6) is -0.962. The van der Waals surface area contributed by atoms with E-state index in [0.717, 1.165) is 22.9 Å². The fraction of sp³-hybridized carbons (Fsp3) is 0.227. The molecule has 0 atom stereocenters. The molecule has 3 aromatic rings. The minimum absolute atomic E-state index is 0.199. The number of fused-ring (bicyclic) bond motifs is 1. The molecule has 0 fully saturated rings. The molecule has 0 aliphatic carbocycles. The molecule has 0 saturated heterocycles. The third-order valence-corrected chi connectivity index (χ3v) is 4.53. The number of aromatic amines is 1. The second-order valence-electron chi connectivity index (χ2n) is 6.60. The van der Waals surface area contributed by atoms with Gasteiger partial charge in [0.1, 0.15) is 5.75 Å². The van der Waals surface area contributed by atoms with Crippen LogP contribution in [0.5, 0.6) is 5.75 Å². The number of esters is 1. The van der Waals surface area contributed by atoms with Crippen molar-refractivity contribution in [2.24, 2.45) is 0 Å². The highest BCUT2D eigenvalue weighted by atomic mass is 16.5. The number of benzene rings is 2. The average Bonchev–Trinajstić information content (AvgIpc) is 3.19. The highest BCUT2D eigenvalue weighted by Gasteiger charge is 2.11. The lowest BCUT2D eigenvalue weighted by molar-refractivity contribution is -0.148. The molecule has 0 saturated carbocycles. The average molecular weight is 409 g/mol. The van der Waals surface area contributed by atoms with Gasteiger partial charge >= 0.3 is 5.97 Å². The number of carbonyl (C=O) groups excluding carboxylic acids is 3. The standard InChI is InChI=1S/C22H23N3O5/c1-29-17-11-9-15(10-12-17)22(28)25-24-20(26)14-30-21(27)8-4-5-16-13-23-19-7-3-2-6-18(16)19/h2-3,6-7,9-13,23H,4-5,8,14H2,1H3,(H,24,26)(H,25,28). The van der Waals surface area contributed by atoms with Crippen molar-refractivity contribution in [1.29, 1.82) is 0 Å². The van der Waals surface area contributed by atoms with Gasteiger partial charge in [0.15, 0.2) is 6.61 Å². The fourth-order valence-electron chi connectivity index (χ4n) is 2.96. The van der Waals surface area contributed by atoms with Crippen molar-refractivity contribution in [3.8, 4) is 5.75 Å². The van der Waals surface area contributed by atoms with Crippen molar-refractivity contribution in [3.05, 3.63) is 65.9 Å². The summed E-state index contributed by atoms with van der Waals surface area (Å²) in [6.45, 7) is -0.463. The topological polar surface area (TPSA) is 110 Å². The first kappa shape index (κ1) is 20.9. The van der Waals surface area contributed by atoms with Crippen LogP contribution in [-0.2, 0) is 20.7 Å². The molecule has 30 heavy (non-hydrogen) atoms. The van der Waals surface area contributed by atoms with Crippen LogP contribution in [-0.4, -0.2) is 36.5 Å². The summed E-state index contributed by atoms with van der Waals surface area (Å²) < 4.78 is 9.97. The number of para-hydroxylation sites is 1. The predicted molar refractivity (Wildman–Crippen MR) is 111 cm³/mol. The fourth-order valence-corrected chi connectivity index (χ4v) is 2.96. The van der Waals surface area contributed by atoms with Crippen molar-refractivity contribution >= 4 is 28.7 Å². The molecule has 0 unspecified atom stereocenters. The van der Waals surface area contributed by atoms with Crippen molar-refractivity contribution in [2.45, 2.75) is 19.3 Å². The summed E-state index contributed by atoms with van der Waals surface area (Å²) in [6, 6.07) is 14.4. The van der Waals surface area contributed by atoms with Gasteiger partial charge in [-0.1, -0.05) is 18.2 Å². The first-order chi connectivity index (χ1) is 14.6. The molecule has 2 aromatic carbocycles. The molecule has 0 bridgehead atoms. The van der Waals surface area contributed by atoms with E-state index in [2.05, 4.69) is 15.8 Å². The van der Waals surface area contributed by atoms with Gasteiger partial charge in [0.05, 0.1) is 7.11 Å². The number of nitrogens with one attached hydrogen (secondary N) is 3. The van der Waals surface area contributed by atoms with E-state index in [1.165, 1.54) is 7.11 Å². The van der Waals surface area contributed by atoms with Gasteiger partial charge in [0, 0.05) is 29.1 Å². The molecule has 1 heterocycles. The molecule has 3 N–H and O–H groups in total. The largest absolute Gasteiger partial charge is 0.497 e. The predicted octanol–water partition coefficient (Wildman–Crippen LogP) is 2.50. The Morgan fingerprint density at radius 1 is 1.00 bits per heavy atom. The summed E-state index contributed by atoms with van der Waals surface area (Å²) in [7, 11) is 1.53. The van der Waals surface area contributed by atoms with Crippen molar-refractivity contribution < 1.29 is 23.9 Å². The van der Waals surface area contributed by atoms with Gasteiger partial charge in [-0.3, -0.25) is 25.2 Å². The summed E-state index contributed by atoms with van der Waals surface area (Å²) >= 11 is 0. The minimum Gasteiger partial charge on any atom is -0.497 e. The van der Waals surface area contributed by atoms with E-state index < -0.39 is 24.4 Å². The number of aryl methyl sites for hydroxylation is 1. The zero-order valence-corrected chi connectivity index (χ0v) is 16.6. The number of H-pyrrole nitrogens is 1. The van der Waals surface area contributed by atoms with Crippen LogP contribution in [0.4, 0.5) is 0 Å². The van der Waals surface area contributed by atoms with Gasteiger partial charge in [-0.2, -0.15) is 0 Å². The van der Waals surface area contributed by atoms with E-state index >= 15 is 0 Å². The SMILES string of the molecule is COc1ccc(C(=O)NNC(=O)COC(=O)CCCc2c[nH]c3ccccc23)cc1. The lowest BCUT2D eigenvalue weighted by atomic mass is 10.1. The number of hydrogen-bond donors (Lipinski definition) is 3. The molecule has 1 aromatic heterocycles. The second-order valence-corrected chi connectivity index (χ2v) is 6.60. The van der Waals surface area contributed by atoms with Crippen molar-refractivity contribution in [3.63, 3.8) is 0 Å². The van der Waals surface area contributed by atoms with Crippen LogP contribution >= 0.6 is 0 Å². The van der Waals surface area contributed by atoms with E-state index in [9.17, 15) is 14.4 Å². The summed E-state index contributed by atoms with van der Waals surface area (Å²) in [4.78, 5) is 38.8. The molecular formula is C22H23N3O5. The van der Waals surface area contributed by atoms with Crippen LogP contribution in [0.2, 0.25) is 0 Å². The van der Waals surface area contributed by atoms with Crippen LogP contribution in [0.3, 0.4) is 0 Å². The maximum atomic E-state index is 12.0. The van der Waals surface area contributed by atoms with Gasteiger partial charge in [-0.05, 0) is 48.7 Å². The smallest absolute Gasteiger partial charge is 0.306 e. The Morgan fingerprint density at radius 2 is 1.77 bits per heavy atom. The van der Waals surface area contributed by atoms with Crippen LogP contribution < -0.4 is 15.6 Å². The molecule has 0 aliphatic heterocycles. The Labute approximate surface area is 173 Å². The Balaban J connectivity index is 1.34. The number of amides is 2. The van der Waals surface area contributed by atoms with E-state index in [1.807, 2.05) is 30.5 Å². The molecule has 0 radical (unpaired) electrons. The Bertz CT molecular complexity index is 1030. The van der Waals surface area contributed by atoms with Gasteiger partial charge in [0.2, 0.25) is 0 Å². The first-order valence-corrected chi connectivity index (χ1v) is 9.50. The lowest BCUT2D eigenvalue weighted by Crippen LogP contribution is -2.43. The zero-order valence-electron chi connectivity index (χ0n) is 16.6. The van der Waals surface area contributed by atoms with Crippen LogP contribution in [0.1, 0.15) is 28.8 Å². The van der Waals surface area contributed by atoms with Crippen molar-refractivity contribution in [2.75, 3.05) is 13.7 Å². The molecule has 8 heteroatoms. The lowest BCUT2D eigenvalue weighted by Gasteiger charge is -2.08. The van der Waals surface area contributed by atoms with Crippen molar-refractivity contribution in [1.82, 2.24) is 15.8 Å². The molecule has 0 spiro atoms. The second kappa shape index (κ2) is 10.1. The number of hydrazine groups is 1. The zero-order chi connectivity index (χ0) is 21.3. The van der Waals surface area contributed by atoms with Crippen LogP contribution in [0.15, 0.2) is 54.7 Å². The molecule has 3 rings (SSSR count). The highest BCUT2D eigenvalue weighted by Crippen LogP contribution is 2.19. The Kier molecular flexibility index (Phi) is 7.05. The van der Waals surface area contributed by atoms with E-state index in [1.54, 1.807) is 24.3 Å².